The third-order valence-corrected chi connectivity index (χ3v) is 4.14. The molecule has 1 aromatic carbocycles. The highest BCUT2D eigenvalue weighted by atomic mass is 19.4. The quantitative estimate of drug-likeness (QED) is 0.858. The number of alkyl halides is 3. The van der Waals surface area contributed by atoms with Crippen molar-refractivity contribution in [3.63, 3.8) is 0 Å². The summed E-state index contributed by atoms with van der Waals surface area (Å²) < 4.78 is 38.4. The van der Waals surface area contributed by atoms with Crippen LogP contribution in [0, 0.1) is 5.92 Å². The minimum atomic E-state index is -4.36. The van der Waals surface area contributed by atoms with E-state index in [4.69, 9.17) is 5.73 Å². The van der Waals surface area contributed by atoms with Gasteiger partial charge in [-0.2, -0.15) is 13.2 Å². The zero-order valence-electron chi connectivity index (χ0n) is 13.8. The van der Waals surface area contributed by atoms with E-state index in [1.54, 1.807) is 13.0 Å². The molecular formula is C16H21F3N4O2. The molecule has 1 aromatic rings. The highest BCUT2D eigenvalue weighted by molar-refractivity contribution is 5.94. The number of piperazine rings is 1. The number of nitrogens with one attached hydrogen (secondary N) is 1. The van der Waals surface area contributed by atoms with Gasteiger partial charge in [-0.05, 0) is 18.2 Å². The fraction of sp³-hybridized carbons (Fsp3) is 0.500. The summed E-state index contributed by atoms with van der Waals surface area (Å²) in [7, 11) is 0. The van der Waals surface area contributed by atoms with Crippen molar-refractivity contribution in [2.24, 2.45) is 11.7 Å². The van der Waals surface area contributed by atoms with Crippen molar-refractivity contribution in [2.45, 2.75) is 13.1 Å². The number of benzene rings is 1. The first-order valence-corrected chi connectivity index (χ1v) is 7.91. The number of amides is 3. The number of nitrogens with two attached hydrogens (primary N) is 1. The molecule has 9 heteroatoms. The number of nitrogens with zero attached hydrogens (tertiary/aromatic N) is 2. The van der Waals surface area contributed by atoms with Crippen molar-refractivity contribution in [3.05, 3.63) is 29.8 Å². The molecule has 1 unspecified atom stereocenters. The topological polar surface area (TPSA) is 78.7 Å². The van der Waals surface area contributed by atoms with Gasteiger partial charge in [0.1, 0.15) is 0 Å². The van der Waals surface area contributed by atoms with Gasteiger partial charge in [-0.1, -0.05) is 13.0 Å². The number of anilines is 1. The van der Waals surface area contributed by atoms with Crippen molar-refractivity contribution in [1.82, 2.24) is 10.2 Å². The molecule has 25 heavy (non-hydrogen) atoms. The molecule has 0 spiro atoms. The summed E-state index contributed by atoms with van der Waals surface area (Å²) in [5.74, 6) is -0.847. The Kier molecular flexibility index (Phi) is 5.89. The third-order valence-electron chi connectivity index (χ3n) is 4.14. The maximum absolute atomic E-state index is 12.8. The summed E-state index contributed by atoms with van der Waals surface area (Å²) in [5.41, 5.74) is 4.79. The Morgan fingerprint density at radius 3 is 2.44 bits per heavy atom. The molecule has 1 heterocycles. The highest BCUT2D eigenvalue weighted by Crippen LogP contribution is 2.31. The summed E-state index contributed by atoms with van der Waals surface area (Å²) in [5, 5.41) is 2.04. The van der Waals surface area contributed by atoms with E-state index >= 15 is 0 Å². The van der Waals surface area contributed by atoms with Crippen molar-refractivity contribution in [2.75, 3.05) is 37.6 Å². The van der Waals surface area contributed by atoms with Crippen molar-refractivity contribution in [1.29, 1.82) is 0 Å². The molecule has 3 N–H and O–H groups in total. The zero-order valence-corrected chi connectivity index (χ0v) is 13.8. The predicted molar refractivity (Wildman–Crippen MR) is 87.0 cm³/mol. The van der Waals surface area contributed by atoms with Crippen LogP contribution in [0.5, 0.6) is 0 Å². The lowest BCUT2D eigenvalue weighted by Crippen LogP contribution is -2.49. The molecule has 0 aromatic heterocycles. The van der Waals surface area contributed by atoms with Crippen LogP contribution in [0.3, 0.4) is 0 Å². The van der Waals surface area contributed by atoms with Crippen LogP contribution in [-0.2, 0) is 11.0 Å². The van der Waals surface area contributed by atoms with Crippen molar-refractivity contribution < 1.29 is 22.8 Å². The average molecular weight is 358 g/mol. The zero-order chi connectivity index (χ0) is 18.6. The number of carbonyl (C=O) groups excluding carboxylic acids is 2. The number of urea groups is 1. The summed E-state index contributed by atoms with van der Waals surface area (Å²) in [6.45, 7) is 4.50. The summed E-state index contributed by atoms with van der Waals surface area (Å²) in [6, 6.07) is 4.39. The van der Waals surface area contributed by atoms with Crippen molar-refractivity contribution in [3.8, 4) is 0 Å². The maximum atomic E-state index is 12.8. The van der Waals surface area contributed by atoms with Crippen LogP contribution in [0.1, 0.15) is 12.5 Å². The third kappa shape index (κ3) is 5.35. The Bertz CT molecular complexity index is 628. The molecule has 1 fully saturated rings. The predicted octanol–water partition coefficient (Wildman–Crippen LogP) is 1.66. The maximum Gasteiger partial charge on any atom is 0.416 e. The van der Waals surface area contributed by atoms with E-state index in [9.17, 15) is 22.8 Å². The highest BCUT2D eigenvalue weighted by Gasteiger charge is 2.31. The molecule has 2 rings (SSSR count). The Morgan fingerprint density at radius 2 is 1.88 bits per heavy atom. The number of rotatable bonds is 4. The van der Waals surface area contributed by atoms with E-state index in [1.165, 1.54) is 6.07 Å². The van der Waals surface area contributed by atoms with E-state index in [0.29, 0.717) is 38.4 Å². The fourth-order valence-corrected chi connectivity index (χ4v) is 2.78. The van der Waals surface area contributed by atoms with Gasteiger partial charge in [0.05, 0.1) is 5.56 Å². The first-order valence-electron chi connectivity index (χ1n) is 7.91. The average Bonchev–Trinajstić information content (AvgIpc) is 2.54. The summed E-state index contributed by atoms with van der Waals surface area (Å²) in [4.78, 5) is 26.3. The number of carbonyl (C=O) groups is 2. The first kappa shape index (κ1) is 19.0. The second-order valence-electron chi connectivity index (χ2n) is 6.09. The van der Waals surface area contributed by atoms with Gasteiger partial charge in [0.25, 0.3) is 0 Å². The molecule has 138 valence electrons. The number of primary amides is 1. The largest absolute Gasteiger partial charge is 0.416 e. The van der Waals surface area contributed by atoms with Crippen LogP contribution in [0.4, 0.5) is 23.7 Å². The number of imide groups is 1. The van der Waals surface area contributed by atoms with Crippen LogP contribution in [-0.4, -0.2) is 49.6 Å². The van der Waals surface area contributed by atoms with Gasteiger partial charge >= 0.3 is 12.2 Å². The molecule has 1 aliphatic rings. The Balaban J connectivity index is 1.89. The van der Waals surface area contributed by atoms with Crippen LogP contribution >= 0.6 is 0 Å². The Hall–Kier alpha value is -2.29. The SMILES string of the molecule is CC(CN1CCN(c2cccc(C(F)(F)F)c2)CC1)C(=O)NC(N)=O. The number of halogens is 3. The molecule has 0 bridgehead atoms. The smallest absolute Gasteiger partial charge is 0.369 e. The summed E-state index contributed by atoms with van der Waals surface area (Å²) >= 11 is 0. The van der Waals surface area contributed by atoms with Crippen molar-refractivity contribution >= 4 is 17.6 Å². The van der Waals surface area contributed by atoms with Crippen LogP contribution in [0.15, 0.2) is 24.3 Å². The molecule has 1 atom stereocenters. The lowest BCUT2D eigenvalue weighted by atomic mass is 10.1. The fourth-order valence-electron chi connectivity index (χ4n) is 2.78. The van der Waals surface area contributed by atoms with E-state index < -0.39 is 29.6 Å². The van der Waals surface area contributed by atoms with E-state index in [2.05, 4.69) is 0 Å². The van der Waals surface area contributed by atoms with Gasteiger partial charge < -0.3 is 10.6 Å². The number of hydrogen-bond donors (Lipinski definition) is 2. The molecule has 0 aliphatic carbocycles. The second-order valence-corrected chi connectivity index (χ2v) is 6.09. The monoisotopic (exact) mass is 358 g/mol. The van der Waals surface area contributed by atoms with Gasteiger partial charge in [0, 0.05) is 44.3 Å². The minimum absolute atomic E-state index is 0.410. The molecular weight excluding hydrogens is 337 g/mol. The lowest BCUT2D eigenvalue weighted by molar-refractivity contribution is -0.137. The van der Waals surface area contributed by atoms with Crippen LogP contribution < -0.4 is 16.0 Å². The van der Waals surface area contributed by atoms with Gasteiger partial charge in [-0.25, -0.2) is 4.79 Å². The van der Waals surface area contributed by atoms with Crippen LogP contribution in [0.25, 0.3) is 0 Å². The number of hydrogen-bond acceptors (Lipinski definition) is 4. The molecule has 0 radical (unpaired) electrons. The van der Waals surface area contributed by atoms with Gasteiger partial charge in [0.2, 0.25) is 5.91 Å². The molecule has 3 amide bonds. The van der Waals surface area contributed by atoms with Gasteiger partial charge in [-0.15, -0.1) is 0 Å². The minimum Gasteiger partial charge on any atom is -0.369 e. The first-order chi connectivity index (χ1) is 11.7. The van der Waals surface area contributed by atoms with Crippen LogP contribution in [0.2, 0.25) is 0 Å². The van der Waals surface area contributed by atoms with E-state index in [-0.39, 0.29) is 0 Å². The molecule has 1 aliphatic heterocycles. The standard InChI is InChI=1S/C16H21F3N4O2/c1-11(14(24)21-15(20)25)10-22-5-7-23(8-6-22)13-4-2-3-12(9-13)16(17,18)19/h2-4,9,11H,5-8,10H2,1H3,(H3,20,21,24,25). The van der Waals surface area contributed by atoms with E-state index in [0.717, 1.165) is 12.1 Å². The Morgan fingerprint density at radius 1 is 1.24 bits per heavy atom. The Labute approximate surface area is 143 Å². The molecule has 1 saturated heterocycles. The second kappa shape index (κ2) is 7.73. The molecule has 0 saturated carbocycles. The normalized spacial score (nSPS) is 17.2. The van der Waals surface area contributed by atoms with Gasteiger partial charge in [0.15, 0.2) is 0 Å². The van der Waals surface area contributed by atoms with E-state index in [1.807, 2.05) is 15.1 Å². The lowest BCUT2D eigenvalue weighted by Gasteiger charge is -2.37. The summed E-state index contributed by atoms with van der Waals surface area (Å²) in [6.07, 6.45) is -4.36. The molecule has 6 nitrogen and oxygen atoms in total. The van der Waals surface area contributed by atoms with Gasteiger partial charge in [-0.3, -0.25) is 15.0 Å².